The van der Waals surface area contributed by atoms with Crippen molar-refractivity contribution in [2.45, 2.75) is 18.6 Å². The van der Waals surface area contributed by atoms with Gasteiger partial charge in [0.05, 0.1) is 5.56 Å². The maximum Gasteiger partial charge on any atom is 0.416 e. The second kappa shape index (κ2) is 5.72. The SMILES string of the molecule is NC(CCNc1ccc(C(F)(F)F)cc1)C(=O)O. The van der Waals surface area contributed by atoms with Gasteiger partial charge in [-0.25, -0.2) is 0 Å². The molecule has 4 N–H and O–H groups in total. The third-order valence-corrected chi connectivity index (χ3v) is 2.31. The zero-order chi connectivity index (χ0) is 13.8. The molecule has 1 unspecified atom stereocenters. The summed E-state index contributed by atoms with van der Waals surface area (Å²) >= 11 is 0. The number of carbonyl (C=O) groups is 1. The largest absolute Gasteiger partial charge is 0.480 e. The molecule has 0 spiro atoms. The summed E-state index contributed by atoms with van der Waals surface area (Å²) in [6.07, 6.45) is -4.17. The Kier molecular flexibility index (Phi) is 4.55. The molecule has 0 fully saturated rings. The molecule has 0 aliphatic carbocycles. The highest BCUT2D eigenvalue weighted by Gasteiger charge is 2.29. The Morgan fingerprint density at radius 3 is 2.33 bits per heavy atom. The summed E-state index contributed by atoms with van der Waals surface area (Å²) in [5.41, 5.74) is 5.03. The predicted octanol–water partition coefficient (Wildman–Crippen LogP) is 1.92. The molecule has 0 aromatic heterocycles. The topological polar surface area (TPSA) is 75.3 Å². The summed E-state index contributed by atoms with van der Waals surface area (Å²) in [7, 11) is 0. The van der Waals surface area contributed by atoms with Gasteiger partial charge in [0.15, 0.2) is 0 Å². The van der Waals surface area contributed by atoms with Crippen molar-refractivity contribution in [1.82, 2.24) is 0 Å². The Morgan fingerprint density at radius 2 is 1.89 bits per heavy atom. The molecule has 0 saturated heterocycles. The van der Waals surface area contributed by atoms with Gasteiger partial charge in [0.25, 0.3) is 0 Å². The fourth-order valence-electron chi connectivity index (χ4n) is 1.27. The number of nitrogens with one attached hydrogen (secondary N) is 1. The van der Waals surface area contributed by atoms with Crippen molar-refractivity contribution in [3.63, 3.8) is 0 Å². The fraction of sp³-hybridized carbons (Fsp3) is 0.364. The number of carboxylic acid groups (broad SMARTS) is 1. The Labute approximate surface area is 102 Å². The minimum Gasteiger partial charge on any atom is -0.480 e. The van der Waals surface area contributed by atoms with Gasteiger partial charge in [-0.3, -0.25) is 4.79 Å². The van der Waals surface area contributed by atoms with Crippen LogP contribution in [0.15, 0.2) is 24.3 Å². The monoisotopic (exact) mass is 262 g/mol. The lowest BCUT2D eigenvalue weighted by molar-refractivity contribution is -0.139. The van der Waals surface area contributed by atoms with Crippen LogP contribution < -0.4 is 11.1 Å². The number of anilines is 1. The van der Waals surface area contributed by atoms with E-state index in [2.05, 4.69) is 5.32 Å². The summed E-state index contributed by atoms with van der Waals surface area (Å²) in [5.74, 6) is -1.11. The maximum atomic E-state index is 12.3. The molecule has 1 rings (SSSR count). The van der Waals surface area contributed by atoms with Crippen LogP contribution >= 0.6 is 0 Å². The molecule has 0 bridgehead atoms. The van der Waals surface area contributed by atoms with Gasteiger partial charge in [0.2, 0.25) is 0 Å². The number of hydrogen-bond donors (Lipinski definition) is 3. The lowest BCUT2D eigenvalue weighted by Gasteiger charge is -2.10. The highest BCUT2D eigenvalue weighted by atomic mass is 19.4. The van der Waals surface area contributed by atoms with Crippen LogP contribution in [0, 0.1) is 0 Å². The highest BCUT2D eigenvalue weighted by Crippen LogP contribution is 2.29. The minimum absolute atomic E-state index is 0.191. The molecule has 0 radical (unpaired) electrons. The zero-order valence-corrected chi connectivity index (χ0v) is 9.37. The summed E-state index contributed by atoms with van der Waals surface area (Å²) in [5, 5.41) is 11.3. The van der Waals surface area contributed by atoms with E-state index >= 15 is 0 Å². The van der Waals surface area contributed by atoms with Crippen LogP contribution in [-0.2, 0) is 11.0 Å². The zero-order valence-electron chi connectivity index (χ0n) is 9.37. The molecule has 18 heavy (non-hydrogen) atoms. The van der Waals surface area contributed by atoms with Gasteiger partial charge in [-0.1, -0.05) is 0 Å². The van der Waals surface area contributed by atoms with E-state index < -0.39 is 23.8 Å². The van der Waals surface area contributed by atoms with Crippen LogP contribution in [0.3, 0.4) is 0 Å². The number of alkyl halides is 3. The Hall–Kier alpha value is -1.76. The van der Waals surface area contributed by atoms with Crippen LogP contribution in [0.1, 0.15) is 12.0 Å². The number of halogens is 3. The van der Waals surface area contributed by atoms with Crippen LogP contribution in [0.4, 0.5) is 18.9 Å². The average Bonchev–Trinajstić information content (AvgIpc) is 2.28. The van der Waals surface area contributed by atoms with E-state index in [9.17, 15) is 18.0 Å². The summed E-state index contributed by atoms with van der Waals surface area (Å²) < 4.78 is 36.8. The molecule has 1 aromatic rings. The first kappa shape index (κ1) is 14.3. The Morgan fingerprint density at radius 1 is 1.33 bits per heavy atom. The number of hydrogen-bond acceptors (Lipinski definition) is 3. The van der Waals surface area contributed by atoms with E-state index in [0.717, 1.165) is 12.1 Å². The van der Waals surface area contributed by atoms with Crippen molar-refractivity contribution in [3.05, 3.63) is 29.8 Å². The second-order valence-corrected chi connectivity index (χ2v) is 3.74. The molecule has 4 nitrogen and oxygen atoms in total. The van der Waals surface area contributed by atoms with Crippen molar-refractivity contribution in [2.75, 3.05) is 11.9 Å². The predicted molar refractivity (Wildman–Crippen MR) is 60.2 cm³/mol. The van der Waals surface area contributed by atoms with E-state index in [1.165, 1.54) is 12.1 Å². The Balaban J connectivity index is 2.47. The summed E-state index contributed by atoms with van der Waals surface area (Å²) in [6.45, 7) is 0.277. The highest BCUT2D eigenvalue weighted by molar-refractivity contribution is 5.73. The molecule has 0 saturated carbocycles. The van der Waals surface area contributed by atoms with Crippen LogP contribution in [0.2, 0.25) is 0 Å². The molecule has 7 heteroatoms. The normalized spacial score (nSPS) is 13.1. The van der Waals surface area contributed by atoms with E-state index in [-0.39, 0.29) is 13.0 Å². The van der Waals surface area contributed by atoms with Crippen molar-refractivity contribution in [3.8, 4) is 0 Å². The van der Waals surface area contributed by atoms with E-state index in [4.69, 9.17) is 10.8 Å². The number of rotatable bonds is 5. The van der Waals surface area contributed by atoms with Crippen LogP contribution in [0.5, 0.6) is 0 Å². The third-order valence-electron chi connectivity index (χ3n) is 2.31. The van der Waals surface area contributed by atoms with Gasteiger partial charge in [0.1, 0.15) is 6.04 Å². The molecule has 1 aromatic carbocycles. The van der Waals surface area contributed by atoms with Crippen molar-refractivity contribution < 1.29 is 23.1 Å². The molecule has 0 aliphatic rings. The van der Waals surface area contributed by atoms with Gasteiger partial charge >= 0.3 is 12.1 Å². The van der Waals surface area contributed by atoms with Gasteiger partial charge < -0.3 is 16.2 Å². The smallest absolute Gasteiger partial charge is 0.416 e. The van der Waals surface area contributed by atoms with Crippen LogP contribution in [-0.4, -0.2) is 23.7 Å². The molecule has 1 atom stereocenters. The van der Waals surface area contributed by atoms with Crippen molar-refractivity contribution in [1.29, 1.82) is 0 Å². The maximum absolute atomic E-state index is 12.3. The van der Waals surface area contributed by atoms with Gasteiger partial charge in [-0.05, 0) is 30.7 Å². The average molecular weight is 262 g/mol. The summed E-state index contributed by atoms with van der Waals surface area (Å²) in [6, 6.07) is 3.51. The molecule has 100 valence electrons. The van der Waals surface area contributed by atoms with Gasteiger partial charge in [-0.2, -0.15) is 13.2 Å². The molecule has 0 amide bonds. The van der Waals surface area contributed by atoms with Crippen molar-refractivity contribution >= 4 is 11.7 Å². The second-order valence-electron chi connectivity index (χ2n) is 3.74. The standard InChI is InChI=1S/C11H13F3N2O2/c12-11(13,14)7-1-3-8(4-2-7)16-6-5-9(15)10(17)18/h1-4,9,16H,5-6,15H2,(H,17,18). The third kappa shape index (κ3) is 4.25. The number of aliphatic carboxylic acids is 1. The van der Waals surface area contributed by atoms with Gasteiger partial charge in [0, 0.05) is 12.2 Å². The van der Waals surface area contributed by atoms with Gasteiger partial charge in [-0.15, -0.1) is 0 Å². The van der Waals surface area contributed by atoms with E-state index in [1.807, 2.05) is 0 Å². The number of carboxylic acids is 1. The Bertz CT molecular complexity index is 404. The van der Waals surface area contributed by atoms with E-state index in [0.29, 0.717) is 5.69 Å². The first-order chi connectivity index (χ1) is 8.30. The molecule has 0 aliphatic heterocycles. The fourth-order valence-corrected chi connectivity index (χ4v) is 1.27. The molecular formula is C11H13F3N2O2. The minimum atomic E-state index is -4.36. The lowest BCUT2D eigenvalue weighted by Crippen LogP contribution is -2.32. The van der Waals surface area contributed by atoms with E-state index in [1.54, 1.807) is 0 Å². The number of benzene rings is 1. The van der Waals surface area contributed by atoms with Crippen LogP contribution in [0.25, 0.3) is 0 Å². The quantitative estimate of drug-likeness (QED) is 0.757. The number of nitrogens with two attached hydrogens (primary N) is 1. The molecular weight excluding hydrogens is 249 g/mol. The summed E-state index contributed by atoms with van der Waals surface area (Å²) in [4.78, 5) is 10.4. The first-order valence-corrected chi connectivity index (χ1v) is 5.20. The van der Waals surface area contributed by atoms with Crippen molar-refractivity contribution in [2.24, 2.45) is 5.73 Å². The first-order valence-electron chi connectivity index (χ1n) is 5.20. The lowest BCUT2D eigenvalue weighted by atomic mass is 10.2. The molecule has 0 heterocycles.